The van der Waals surface area contributed by atoms with E-state index >= 15 is 0 Å². The number of nitrogens with zero attached hydrogens (tertiary/aromatic N) is 1. The van der Waals surface area contributed by atoms with E-state index in [4.69, 9.17) is 4.42 Å². The van der Waals surface area contributed by atoms with Crippen molar-refractivity contribution in [3.8, 4) is 11.3 Å². The van der Waals surface area contributed by atoms with Gasteiger partial charge in [-0.3, -0.25) is 0 Å². The topological polar surface area (TPSA) is 38.1 Å². The molecule has 66 valence electrons. The molecule has 0 aliphatic carbocycles. The Labute approximate surface area is 76.4 Å². The molecule has 1 aromatic carbocycles. The molecule has 3 heteroatoms. The molecule has 0 aliphatic heterocycles. The fourth-order valence-corrected chi connectivity index (χ4v) is 1.13. The first-order valence-corrected chi connectivity index (χ1v) is 4.09. The summed E-state index contributed by atoms with van der Waals surface area (Å²) in [5, 5.41) is 2.84. The second-order valence-electron chi connectivity index (χ2n) is 2.65. The average Bonchev–Trinajstić information content (AvgIpc) is 2.67. The van der Waals surface area contributed by atoms with Crippen molar-refractivity contribution in [2.24, 2.45) is 0 Å². The van der Waals surface area contributed by atoms with E-state index in [1.807, 2.05) is 30.3 Å². The Balaban J connectivity index is 2.36. The predicted molar refractivity (Wildman–Crippen MR) is 51.5 cm³/mol. The molecule has 3 nitrogen and oxygen atoms in total. The van der Waals surface area contributed by atoms with E-state index in [0.29, 0.717) is 6.01 Å². The lowest BCUT2D eigenvalue weighted by molar-refractivity contribution is 0.589. The summed E-state index contributed by atoms with van der Waals surface area (Å²) >= 11 is 0. The number of hydrogen-bond acceptors (Lipinski definition) is 3. The standard InChI is InChI=1S/C10H10N2O/c1-11-10-12-7-9(13-10)8-5-3-2-4-6-8/h2-7H,1H3,(H,11,12). The zero-order valence-electron chi connectivity index (χ0n) is 7.32. The predicted octanol–water partition coefficient (Wildman–Crippen LogP) is 2.38. The first-order chi connectivity index (χ1) is 6.40. The summed E-state index contributed by atoms with van der Waals surface area (Å²) in [5.74, 6) is 0.782. The molecular weight excluding hydrogens is 164 g/mol. The molecule has 0 bridgehead atoms. The van der Waals surface area contributed by atoms with E-state index in [1.54, 1.807) is 13.2 Å². The van der Waals surface area contributed by atoms with Crippen molar-refractivity contribution >= 4 is 6.01 Å². The highest BCUT2D eigenvalue weighted by Gasteiger charge is 2.02. The van der Waals surface area contributed by atoms with Gasteiger partial charge in [0.15, 0.2) is 5.76 Å². The lowest BCUT2D eigenvalue weighted by Gasteiger charge is -1.93. The highest BCUT2D eigenvalue weighted by atomic mass is 16.4. The van der Waals surface area contributed by atoms with Gasteiger partial charge in [-0.05, 0) is 0 Å². The van der Waals surface area contributed by atoms with Gasteiger partial charge in [-0.25, -0.2) is 4.98 Å². The normalized spacial score (nSPS) is 9.92. The molecule has 13 heavy (non-hydrogen) atoms. The Hall–Kier alpha value is -1.77. The smallest absolute Gasteiger partial charge is 0.294 e. The van der Waals surface area contributed by atoms with Crippen molar-refractivity contribution in [3.63, 3.8) is 0 Å². The molecule has 0 amide bonds. The van der Waals surface area contributed by atoms with Crippen LogP contribution in [0.15, 0.2) is 40.9 Å². The molecule has 0 saturated carbocycles. The molecule has 0 unspecified atom stereocenters. The number of nitrogens with one attached hydrogen (secondary N) is 1. The Bertz CT molecular complexity index is 381. The van der Waals surface area contributed by atoms with Gasteiger partial charge in [0.2, 0.25) is 0 Å². The first kappa shape index (κ1) is 7.86. The molecule has 1 heterocycles. The van der Waals surface area contributed by atoms with Gasteiger partial charge in [0.05, 0.1) is 6.20 Å². The van der Waals surface area contributed by atoms with E-state index in [1.165, 1.54) is 0 Å². The fraction of sp³-hybridized carbons (Fsp3) is 0.100. The number of aromatic nitrogens is 1. The Morgan fingerprint density at radius 3 is 2.62 bits per heavy atom. The molecule has 1 aromatic heterocycles. The largest absolute Gasteiger partial charge is 0.424 e. The van der Waals surface area contributed by atoms with Gasteiger partial charge in [-0.15, -0.1) is 0 Å². The van der Waals surface area contributed by atoms with Crippen LogP contribution in [0.2, 0.25) is 0 Å². The number of oxazole rings is 1. The Morgan fingerprint density at radius 1 is 1.23 bits per heavy atom. The van der Waals surface area contributed by atoms with Crippen LogP contribution in [0.4, 0.5) is 6.01 Å². The molecule has 0 saturated heterocycles. The molecule has 0 spiro atoms. The zero-order chi connectivity index (χ0) is 9.10. The van der Waals surface area contributed by atoms with Crippen LogP contribution in [0, 0.1) is 0 Å². The molecule has 2 aromatic rings. The second kappa shape index (κ2) is 3.31. The highest BCUT2D eigenvalue weighted by molar-refractivity contribution is 5.56. The maximum absolute atomic E-state index is 5.40. The minimum atomic E-state index is 0.541. The highest BCUT2D eigenvalue weighted by Crippen LogP contribution is 2.21. The minimum absolute atomic E-state index is 0.541. The van der Waals surface area contributed by atoms with Gasteiger partial charge >= 0.3 is 0 Å². The maximum atomic E-state index is 5.40. The second-order valence-corrected chi connectivity index (χ2v) is 2.65. The molecule has 1 N–H and O–H groups in total. The summed E-state index contributed by atoms with van der Waals surface area (Å²) in [6.45, 7) is 0. The van der Waals surface area contributed by atoms with Crippen LogP contribution in [-0.2, 0) is 0 Å². The van der Waals surface area contributed by atoms with Gasteiger partial charge < -0.3 is 9.73 Å². The van der Waals surface area contributed by atoms with Crippen LogP contribution in [0.5, 0.6) is 0 Å². The minimum Gasteiger partial charge on any atom is -0.424 e. The molecule has 2 rings (SSSR count). The summed E-state index contributed by atoms with van der Waals surface area (Å²) < 4.78 is 5.40. The Morgan fingerprint density at radius 2 is 2.00 bits per heavy atom. The zero-order valence-corrected chi connectivity index (χ0v) is 7.32. The average molecular weight is 174 g/mol. The third-order valence-corrected chi connectivity index (χ3v) is 1.78. The van der Waals surface area contributed by atoms with Crippen molar-refractivity contribution in [3.05, 3.63) is 36.5 Å². The monoisotopic (exact) mass is 174 g/mol. The molecular formula is C10H10N2O. The van der Waals surface area contributed by atoms with E-state index in [0.717, 1.165) is 11.3 Å². The summed E-state index contributed by atoms with van der Waals surface area (Å²) in [7, 11) is 1.78. The van der Waals surface area contributed by atoms with E-state index in [-0.39, 0.29) is 0 Å². The number of anilines is 1. The molecule has 0 aliphatic rings. The van der Waals surface area contributed by atoms with Crippen LogP contribution < -0.4 is 5.32 Å². The van der Waals surface area contributed by atoms with Gasteiger partial charge in [0, 0.05) is 12.6 Å². The lowest BCUT2D eigenvalue weighted by Crippen LogP contribution is -1.84. The number of benzene rings is 1. The summed E-state index contributed by atoms with van der Waals surface area (Å²) in [6, 6.07) is 10.4. The van der Waals surface area contributed by atoms with Crippen LogP contribution in [0.3, 0.4) is 0 Å². The van der Waals surface area contributed by atoms with E-state index in [2.05, 4.69) is 10.3 Å². The van der Waals surface area contributed by atoms with E-state index < -0.39 is 0 Å². The van der Waals surface area contributed by atoms with Gasteiger partial charge in [-0.2, -0.15) is 0 Å². The first-order valence-electron chi connectivity index (χ1n) is 4.09. The molecule has 0 fully saturated rings. The quantitative estimate of drug-likeness (QED) is 0.759. The van der Waals surface area contributed by atoms with Crippen molar-refractivity contribution < 1.29 is 4.42 Å². The molecule has 0 radical (unpaired) electrons. The number of hydrogen-bond donors (Lipinski definition) is 1. The van der Waals surface area contributed by atoms with Crippen LogP contribution in [0.1, 0.15) is 0 Å². The summed E-state index contributed by atoms with van der Waals surface area (Å²) in [5.41, 5.74) is 1.04. The van der Waals surface area contributed by atoms with Crippen molar-refractivity contribution in [2.75, 3.05) is 12.4 Å². The lowest BCUT2D eigenvalue weighted by atomic mass is 10.2. The van der Waals surface area contributed by atoms with Gasteiger partial charge in [-0.1, -0.05) is 30.3 Å². The fourth-order valence-electron chi connectivity index (χ4n) is 1.13. The SMILES string of the molecule is CNc1ncc(-c2ccccc2)o1. The van der Waals surface area contributed by atoms with E-state index in [9.17, 15) is 0 Å². The maximum Gasteiger partial charge on any atom is 0.294 e. The van der Waals surface area contributed by atoms with Gasteiger partial charge in [0.25, 0.3) is 6.01 Å². The third kappa shape index (κ3) is 1.54. The third-order valence-electron chi connectivity index (χ3n) is 1.78. The van der Waals surface area contributed by atoms with Crippen LogP contribution in [0.25, 0.3) is 11.3 Å². The van der Waals surface area contributed by atoms with Crippen LogP contribution in [-0.4, -0.2) is 12.0 Å². The summed E-state index contributed by atoms with van der Waals surface area (Å²) in [6.07, 6.45) is 1.71. The van der Waals surface area contributed by atoms with Crippen molar-refractivity contribution in [1.29, 1.82) is 0 Å². The van der Waals surface area contributed by atoms with Crippen molar-refractivity contribution in [1.82, 2.24) is 4.98 Å². The Kier molecular flexibility index (Phi) is 2.00. The van der Waals surface area contributed by atoms with Crippen molar-refractivity contribution in [2.45, 2.75) is 0 Å². The van der Waals surface area contributed by atoms with Gasteiger partial charge in [0.1, 0.15) is 0 Å². The number of rotatable bonds is 2. The molecule has 0 atom stereocenters. The van der Waals surface area contributed by atoms with Crippen LogP contribution >= 0.6 is 0 Å². The summed E-state index contributed by atoms with van der Waals surface area (Å²) in [4.78, 5) is 4.03.